The third kappa shape index (κ3) is 2.38. The van der Waals surface area contributed by atoms with Gasteiger partial charge in [-0.05, 0) is 0 Å². The molecule has 0 bridgehead atoms. The maximum absolute atomic E-state index is 12.1. The Morgan fingerprint density at radius 1 is 1.77 bits per heavy atom. The summed E-state index contributed by atoms with van der Waals surface area (Å²) in [6.45, 7) is -0.480. The molecule has 72 valence electrons. The highest BCUT2D eigenvalue weighted by Gasteiger charge is 2.17. The number of nitrogens with zero attached hydrogens (tertiary/aromatic N) is 2. The molecule has 0 atom stereocenters. The molecule has 0 aliphatic carbocycles. The molecule has 4 nitrogen and oxygen atoms in total. The number of carbonyl (C=O) groups is 1. The van der Waals surface area contributed by atoms with Crippen molar-refractivity contribution in [3.05, 3.63) is 16.9 Å². The standard InChI is InChI=1S/C6H5ClF2N2O2/c7-3-1-11(2-4(12)13)10-5(3)6(8)9/h1,6H,2H2,(H,12,13). The number of aliphatic carboxylic acids is 1. The van der Waals surface area contributed by atoms with E-state index in [2.05, 4.69) is 5.10 Å². The largest absolute Gasteiger partial charge is 0.480 e. The molecule has 1 rings (SSSR count). The van der Waals surface area contributed by atoms with Crippen LogP contribution in [0.4, 0.5) is 8.78 Å². The van der Waals surface area contributed by atoms with Crippen LogP contribution in [0, 0.1) is 0 Å². The average molecular weight is 211 g/mol. The second-order valence-electron chi connectivity index (χ2n) is 2.25. The Morgan fingerprint density at radius 3 is 2.77 bits per heavy atom. The quantitative estimate of drug-likeness (QED) is 0.824. The molecule has 0 unspecified atom stereocenters. The highest BCUT2D eigenvalue weighted by atomic mass is 35.5. The van der Waals surface area contributed by atoms with Crippen molar-refractivity contribution in [2.24, 2.45) is 0 Å². The number of carboxylic acid groups (broad SMARTS) is 1. The Hall–Kier alpha value is -1.17. The summed E-state index contributed by atoms with van der Waals surface area (Å²) in [4.78, 5) is 10.2. The fourth-order valence-electron chi connectivity index (χ4n) is 0.779. The SMILES string of the molecule is O=C(O)Cn1cc(Cl)c(C(F)F)n1. The van der Waals surface area contributed by atoms with Gasteiger partial charge in [-0.15, -0.1) is 0 Å². The van der Waals surface area contributed by atoms with Crippen molar-refractivity contribution in [1.82, 2.24) is 9.78 Å². The Morgan fingerprint density at radius 2 is 2.38 bits per heavy atom. The summed E-state index contributed by atoms with van der Waals surface area (Å²) in [6, 6.07) is 0. The van der Waals surface area contributed by atoms with Gasteiger partial charge >= 0.3 is 5.97 Å². The number of hydrogen-bond acceptors (Lipinski definition) is 2. The first kappa shape index (κ1) is 9.91. The van der Waals surface area contributed by atoms with Gasteiger partial charge in [0.05, 0.1) is 5.02 Å². The minimum absolute atomic E-state index is 0.226. The molecule has 0 radical (unpaired) electrons. The van der Waals surface area contributed by atoms with E-state index < -0.39 is 24.6 Å². The van der Waals surface area contributed by atoms with Crippen molar-refractivity contribution in [1.29, 1.82) is 0 Å². The van der Waals surface area contributed by atoms with Crippen molar-refractivity contribution >= 4 is 17.6 Å². The van der Waals surface area contributed by atoms with Crippen LogP contribution in [0.25, 0.3) is 0 Å². The van der Waals surface area contributed by atoms with Crippen molar-refractivity contribution in [3.63, 3.8) is 0 Å². The molecule has 1 heterocycles. The first-order valence-corrected chi connectivity index (χ1v) is 3.61. The van der Waals surface area contributed by atoms with E-state index in [-0.39, 0.29) is 5.02 Å². The lowest BCUT2D eigenvalue weighted by Crippen LogP contribution is -2.09. The van der Waals surface area contributed by atoms with Crippen molar-refractivity contribution in [2.45, 2.75) is 13.0 Å². The maximum Gasteiger partial charge on any atom is 0.325 e. The van der Waals surface area contributed by atoms with E-state index in [0.29, 0.717) is 0 Å². The molecule has 13 heavy (non-hydrogen) atoms. The highest BCUT2D eigenvalue weighted by Crippen LogP contribution is 2.24. The Balaban J connectivity index is 2.88. The molecule has 0 aromatic carbocycles. The van der Waals surface area contributed by atoms with E-state index >= 15 is 0 Å². The first-order valence-electron chi connectivity index (χ1n) is 3.23. The fraction of sp³-hybridized carbons (Fsp3) is 0.333. The molecule has 1 N–H and O–H groups in total. The van der Waals surface area contributed by atoms with Crippen LogP contribution in [0.5, 0.6) is 0 Å². The van der Waals surface area contributed by atoms with Crippen molar-refractivity contribution < 1.29 is 18.7 Å². The highest BCUT2D eigenvalue weighted by molar-refractivity contribution is 6.31. The second-order valence-corrected chi connectivity index (χ2v) is 2.66. The summed E-state index contributed by atoms with van der Waals surface area (Å²) in [7, 11) is 0. The zero-order valence-electron chi connectivity index (χ0n) is 6.25. The number of rotatable bonds is 3. The van der Waals surface area contributed by atoms with Crippen LogP contribution in [0.3, 0.4) is 0 Å². The number of aromatic nitrogens is 2. The van der Waals surface area contributed by atoms with E-state index in [1.54, 1.807) is 0 Å². The zero-order chi connectivity index (χ0) is 10.0. The first-order chi connectivity index (χ1) is 6.00. The molecule has 0 aliphatic heterocycles. The lowest BCUT2D eigenvalue weighted by Gasteiger charge is -1.94. The molecule has 0 fully saturated rings. The van der Waals surface area contributed by atoms with E-state index in [9.17, 15) is 13.6 Å². The predicted molar refractivity (Wildman–Crippen MR) is 39.8 cm³/mol. The van der Waals surface area contributed by atoms with Crippen molar-refractivity contribution in [2.75, 3.05) is 0 Å². The lowest BCUT2D eigenvalue weighted by molar-refractivity contribution is -0.137. The van der Waals surface area contributed by atoms with Crippen LogP contribution in [0.1, 0.15) is 12.1 Å². The van der Waals surface area contributed by atoms with Gasteiger partial charge in [0.15, 0.2) is 0 Å². The van der Waals surface area contributed by atoms with Crippen LogP contribution in [-0.4, -0.2) is 20.9 Å². The summed E-state index contributed by atoms with van der Waals surface area (Å²) in [5.74, 6) is -1.17. The molecular weight excluding hydrogens is 206 g/mol. The molecule has 0 aliphatic rings. The molecule has 0 spiro atoms. The zero-order valence-corrected chi connectivity index (χ0v) is 7.00. The summed E-state index contributed by atoms with van der Waals surface area (Å²) in [5, 5.41) is 11.4. The van der Waals surface area contributed by atoms with Crippen LogP contribution in [-0.2, 0) is 11.3 Å². The number of alkyl halides is 2. The number of halogens is 3. The van der Waals surface area contributed by atoms with Crippen molar-refractivity contribution in [3.8, 4) is 0 Å². The van der Waals surface area contributed by atoms with E-state index in [4.69, 9.17) is 16.7 Å². The lowest BCUT2D eigenvalue weighted by atomic mass is 10.5. The molecule has 0 amide bonds. The minimum atomic E-state index is -2.79. The van der Waals surface area contributed by atoms with Crippen LogP contribution < -0.4 is 0 Å². The van der Waals surface area contributed by atoms with Crippen LogP contribution in [0.15, 0.2) is 6.20 Å². The Bertz CT molecular complexity index is 326. The molecule has 0 saturated heterocycles. The number of carboxylic acids is 1. The van der Waals surface area contributed by atoms with Gasteiger partial charge in [-0.2, -0.15) is 5.10 Å². The summed E-state index contributed by atoms with van der Waals surface area (Å²) >= 11 is 5.37. The third-order valence-electron chi connectivity index (χ3n) is 1.25. The smallest absolute Gasteiger partial charge is 0.325 e. The average Bonchev–Trinajstić information content (AvgIpc) is 2.29. The topological polar surface area (TPSA) is 55.1 Å². The summed E-state index contributed by atoms with van der Waals surface area (Å²) in [6.07, 6.45) is -1.74. The summed E-state index contributed by atoms with van der Waals surface area (Å²) < 4.78 is 25.0. The van der Waals surface area contributed by atoms with Gasteiger partial charge in [-0.1, -0.05) is 11.6 Å². The monoisotopic (exact) mass is 210 g/mol. The molecule has 7 heteroatoms. The van der Waals surface area contributed by atoms with Gasteiger partial charge in [-0.3, -0.25) is 9.48 Å². The van der Waals surface area contributed by atoms with Gasteiger partial charge in [0.25, 0.3) is 6.43 Å². The van der Waals surface area contributed by atoms with E-state index in [0.717, 1.165) is 10.9 Å². The third-order valence-corrected chi connectivity index (χ3v) is 1.54. The van der Waals surface area contributed by atoms with Gasteiger partial charge < -0.3 is 5.11 Å². The second kappa shape index (κ2) is 3.69. The van der Waals surface area contributed by atoms with Crippen LogP contribution >= 0.6 is 11.6 Å². The van der Waals surface area contributed by atoms with Gasteiger partial charge in [0.2, 0.25) is 0 Å². The number of hydrogen-bond donors (Lipinski definition) is 1. The molecule has 1 aromatic heterocycles. The predicted octanol–water partition coefficient (Wildman–Crippen LogP) is 1.56. The van der Waals surface area contributed by atoms with Gasteiger partial charge in [-0.25, -0.2) is 8.78 Å². The molecular formula is C6H5ClF2N2O2. The van der Waals surface area contributed by atoms with Gasteiger partial charge in [0, 0.05) is 6.20 Å². The van der Waals surface area contributed by atoms with E-state index in [1.165, 1.54) is 0 Å². The van der Waals surface area contributed by atoms with E-state index in [1.807, 2.05) is 0 Å². The Kier molecular flexibility index (Phi) is 2.82. The van der Waals surface area contributed by atoms with Gasteiger partial charge in [0.1, 0.15) is 12.2 Å². The molecule has 1 aromatic rings. The summed E-state index contributed by atoms with van der Waals surface area (Å²) in [5.41, 5.74) is -0.595. The normalized spacial score (nSPS) is 10.8. The fourth-order valence-corrected chi connectivity index (χ4v) is 1.01. The Labute approximate surface area is 76.7 Å². The minimum Gasteiger partial charge on any atom is -0.480 e. The maximum atomic E-state index is 12.1. The van der Waals surface area contributed by atoms with Crippen LogP contribution in [0.2, 0.25) is 5.02 Å². The molecule has 0 saturated carbocycles.